The number of nitrogens with zero attached hydrogens (tertiary/aromatic N) is 3. The van der Waals surface area contributed by atoms with Gasteiger partial charge >= 0.3 is 6.09 Å². The Hall–Kier alpha value is -2.83. The van der Waals surface area contributed by atoms with Gasteiger partial charge in [0.25, 0.3) is 5.91 Å². The van der Waals surface area contributed by atoms with E-state index in [0.717, 1.165) is 12.8 Å². The van der Waals surface area contributed by atoms with Crippen molar-refractivity contribution in [1.82, 2.24) is 9.88 Å². The average molecular weight is 385 g/mol. The van der Waals surface area contributed by atoms with Crippen LogP contribution in [0.5, 0.6) is 0 Å². The number of hydrogen-bond acceptors (Lipinski definition) is 5. The molecular weight excluding hydrogens is 358 g/mol. The molecule has 2 aromatic rings. The van der Waals surface area contributed by atoms with Gasteiger partial charge < -0.3 is 19.0 Å². The van der Waals surface area contributed by atoms with Gasteiger partial charge in [-0.25, -0.2) is 4.79 Å². The largest absolute Gasteiger partial charge is 0.459 e. The minimum atomic E-state index is -0.527. The molecule has 28 heavy (non-hydrogen) atoms. The topological polar surface area (TPSA) is 75.9 Å². The molecule has 0 aliphatic carbocycles. The van der Waals surface area contributed by atoms with Gasteiger partial charge in [0.05, 0.1) is 18.1 Å². The second-order valence-electron chi connectivity index (χ2n) is 8.04. The Kier molecular flexibility index (Phi) is 6.02. The van der Waals surface area contributed by atoms with Crippen LogP contribution in [0.4, 0.5) is 10.5 Å². The maximum absolute atomic E-state index is 13.0. The van der Waals surface area contributed by atoms with Crippen LogP contribution in [0.15, 0.2) is 47.3 Å². The summed E-state index contributed by atoms with van der Waals surface area (Å²) in [7, 11) is 0. The minimum absolute atomic E-state index is 0.139. The molecular formula is C21H27N3O4. The van der Waals surface area contributed by atoms with Crippen molar-refractivity contribution in [2.45, 2.75) is 39.2 Å². The van der Waals surface area contributed by atoms with Crippen LogP contribution in [0, 0.1) is 5.92 Å². The lowest BCUT2D eigenvalue weighted by atomic mass is 9.97. The average Bonchev–Trinajstić information content (AvgIpc) is 3.20. The Balaban J connectivity index is 1.73. The van der Waals surface area contributed by atoms with Crippen molar-refractivity contribution < 1.29 is 18.7 Å². The molecule has 0 radical (unpaired) electrons. The van der Waals surface area contributed by atoms with Gasteiger partial charge in [-0.15, -0.1) is 0 Å². The van der Waals surface area contributed by atoms with Gasteiger partial charge in [0.15, 0.2) is 5.76 Å². The molecule has 1 fully saturated rings. The summed E-state index contributed by atoms with van der Waals surface area (Å²) in [5, 5.41) is 0. The summed E-state index contributed by atoms with van der Waals surface area (Å²) in [6.45, 7) is 7.28. The summed E-state index contributed by atoms with van der Waals surface area (Å²) in [6.07, 6.45) is 6.32. The second-order valence-corrected chi connectivity index (χ2v) is 8.04. The first-order valence-electron chi connectivity index (χ1n) is 9.57. The lowest BCUT2D eigenvalue weighted by molar-refractivity contribution is 0.0170. The fourth-order valence-electron chi connectivity index (χ4n) is 3.32. The Morgan fingerprint density at radius 2 is 2.14 bits per heavy atom. The molecule has 150 valence electrons. The summed E-state index contributed by atoms with van der Waals surface area (Å²) < 4.78 is 10.8. The summed E-state index contributed by atoms with van der Waals surface area (Å²) in [4.78, 5) is 33.0. The smallest absolute Gasteiger partial charge is 0.410 e. The number of hydrogen-bond donors (Lipinski definition) is 0. The zero-order valence-electron chi connectivity index (χ0n) is 16.6. The molecule has 1 aliphatic heterocycles. The predicted molar refractivity (Wildman–Crippen MR) is 105 cm³/mol. The van der Waals surface area contributed by atoms with Gasteiger partial charge in [-0.05, 0) is 63.8 Å². The predicted octanol–water partition coefficient (Wildman–Crippen LogP) is 3.97. The highest BCUT2D eigenvalue weighted by Gasteiger charge is 2.30. The number of aromatic nitrogens is 1. The summed E-state index contributed by atoms with van der Waals surface area (Å²) in [5.41, 5.74) is 0.180. The van der Waals surface area contributed by atoms with Gasteiger partial charge in [0.1, 0.15) is 5.60 Å². The molecule has 1 aliphatic rings. The van der Waals surface area contributed by atoms with E-state index in [9.17, 15) is 9.59 Å². The van der Waals surface area contributed by atoms with Crippen molar-refractivity contribution in [2.24, 2.45) is 5.92 Å². The number of carbonyl (C=O) groups is 2. The number of likely N-dealkylation sites (tertiary alicyclic amines) is 1. The van der Waals surface area contributed by atoms with E-state index in [0.29, 0.717) is 25.3 Å². The third-order valence-electron chi connectivity index (χ3n) is 4.55. The van der Waals surface area contributed by atoms with Crippen molar-refractivity contribution in [3.05, 3.63) is 48.7 Å². The fourth-order valence-corrected chi connectivity index (χ4v) is 3.32. The van der Waals surface area contributed by atoms with Crippen molar-refractivity contribution in [2.75, 3.05) is 24.5 Å². The number of furan rings is 1. The van der Waals surface area contributed by atoms with Crippen molar-refractivity contribution in [3.8, 4) is 0 Å². The highest BCUT2D eigenvalue weighted by atomic mass is 16.6. The van der Waals surface area contributed by atoms with E-state index in [1.54, 1.807) is 40.4 Å². The third kappa shape index (κ3) is 5.12. The van der Waals surface area contributed by atoms with E-state index in [4.69, 9.17) is 9.15 Å². The molecule has 7 heteroatoms. The van der Waals surface area contributed by atoms with E-state index in [1.807, 2.05) is 26.8 Å². The molecule has 7 nitrogen and oxygen atoms in total. The first kappa shape index (κ1) is 19.9. The Labute approximate surface area is 165 Å². The quantitative estimate of drug-likeness (QED) is 0.796. The van der Waals surface area contributed by atoms with E-state index < -0.39 is 5.60 Å². The normalized spacial score (nSPS) is 17.2. The van der Waals surface area contributed by atoms with Crippen LogP contribution in [0.25, 0.3) is 0 Å². The third-order valence-corrected chi connectivity index (χ3v) is 4.55. The molecule has 1 saturated heterocycles. The van der Waals surface area contributed by atoms with Gasteiger partial charge in [0, 0.05) is 25.8 Å². The lowest BCUT2D eigenvalue weighted by Crippen LogP contribution is -2.46. The number of pyridine rings is 1. The zero-order chi connectivity index (χ0) is 20.1. The van der Waals surface area contributed by atoms with Crippen LogP contribution < -0.4 is 4.90 Å². The number of anilines is 1. The molecule has 2 amide bonds. The highest BCUT2D eigenvalue weighted by molar-refractivity contribution is 6.04. The number of piperidine rings is 1. The number of ether oxygens (including phenoxy) is 1. The number of rotatable bonds is 4. The van der Waals surface area contributed by atoms with Crippen LogP contribution in [0.1, 0.15) is 44.2 Å². The number of carbonyl (C=O) groups excluding carboxylic acids is 2. The second kappa shape index (κ2) is 8.46. The molecule has 0 unspecified atom stereocenters. The molecule has 0 aromatic carbocycles. The summed E-state index contributed by atoms with van der Waals surface area (Å²) in [6, 6.07) is 6.99. The van der Waals surface area contributed by atoms with Gasteiger partial charge in [-0.3, -0.25) is 9.78 Å². The summed E-state index contributed by atoms with van der Waals surface area (Å²) in [5.74, 6) is 0.205. The molecule has 3 heterocycles. The monoisotopic (exact) mass is 385 g/mol. The maximum atomic E-state index is 13.0. The molecule has 3 rings (SSSR count). The van der Waals surface area contributed by atoms with E-state index in [2.05, 4.69) is 4.98 Å². The molecule has 0 bridgehead atoms. The van der Waals surface area contributed by atoms with Crippen LogP contribution in [-0.2, 0) is 4.74 Å². The lowest BCUT2D eigenvalue weighted by Gasteiger charge is -2.36. The van der Waals surface area contributed by atoms with E-state index in [1.165, 1.54) is 6.26 Å². The SMILES string of the molecule is CC(C)(C)OC(=O)N1CCC[C@@H](CN(C(=O)c2ccco2)c2cccnc2)C1. The number of amides is 2. The first-order chi connectivity index (χ1) is 13.3. The van der Waals surface area contributed by atoms with Crippen molar-refractivity contribution in [3.63, 3.8) is 0 Å². The fraction of sp³-hybridized carbons (Fsp3) is 0.476. The van der Waals surface area contributed by atoms with Crippen LogP contribution in [0.2, 0.25) is 0 Å². The van der Waals surface area contributed by atoms with Crippen LogP contribution in [0.3, 0.4) is 0 Å². The highest BCUT2D eigenvalue weighted by Crippen LogP contribution is 2.24. The minimum Gasteiger partial charge on any atom is -0.459 e. The van der Waals surface area contributed by atoms with Crippen LogP contribution >= 0.6 is 0 Å². The van der Waals surface area contributed by atoms with E-state index >= 15 is 0 Å². The molecule has 1 atom stereocenters. The zero-order valence-corrected chi connectivity index (χ0v) is 16.6. The van der Waals surface area contributed by atoms with Crippen LogP contribution in [-0.4, -0.2) is 47.1 Å². The standard InChI is InChI=1S/C21H27N3O4/c1-21(2,3)28-20(26)23-11-5-7-16(14-23)15-24(17-8-4-10-22-13-17)19(25)18-9-6-12-27-18/h4,6,8-10,12-13,16H,5,7,11,14-15H2,1-3H3/t16-/m1/s1. The Bertz CT molecular complexity index is 784. The Morgan fingerprint density at radius 1 is 1.32 bits per heavy atom. The van der Waals surface area contributed by atoms with Gasteiger partial charge in [0.2, 0.25) is 0 Å². The Morgan fingerprint density at radius 3 is 2.79 bits per heavy atom. The van der Waals surface area contributed by atoms with Crippen molar-refractivity contribution in [1.29, 1.82) is 0 Å². The van der Waals surface area contributed by atoms with E-state index in [-0.39, 0.29) is 23.7 Å². The van der Waals surface area contributed by atoms with Gasteiger partial charge in [-0.2, -0.15) is 0 Å². The summed E-state index contributed by atoms with van der Waals surface area (Å²) >= 11 is 0. The molecule has 0 spiro atoms. The van der Waals surface area contributed by atoms with Gasteiger partial charge in [-0.1, -0.05) is 0 Å². The molecule has 0 N–H and O–H groups in total. The maximum Gasteiger partial charge on any atom is 0.410 e. The van der Waals surface area contributed by atoms with Crippen molar-refractivity contribution >= 4 is 17.7 Å². The molecule has 0 saturated carbocycles. The molecule has 2 aromatic heterocycles. The first-order valence-corrected chi connectivity index (χ1v) is 9.57.